The number of hydrogen-bond acceptors (Lipinski definition) is 4. The molecule has 4 heteroatoms. The largest absolute Gasteiger partial charge is 0.508 e. The minimum absolute atomic E-state index is 0.158. The van der Waals surface area contributed by atoms with Crippen LogP contribution in [0.5, 0.6) is 17.2 Å². The van der Waals surface area contributed by atoms with E-state index in [2.05, 4.69) is 53.4 Å². The van der Waals surface area contributed by atoms with E-state index in [1.54, 1.807) is 12.1 Å². The van der Waals surface area contributed by atoms with Gasteiger partial charge >= 0.3 is 0 Å². The zero-order chi connectivity index (χ0) is 21.8. The fraction of sp³-hybridized carbons (Fsp3) is 0.357. The Bertz CT molecular complexity index is 1010. The second-order valence-corrected chi connectivity index (χ2v) is 8.85. The first kappa shape index (κ1) is 20.9. The van der Waals surface area contributed by atoms with Crippen molar-refractivity contribution in [2.75, 3.05) is 32.8 Å². The van der Waals surface area contributed by atoms with Crippen molar-refractivity contribution in [3.8, 4) is 17.2 Å². The number of hydrogen-bond donors (Lipinski definition) is 1. The van der Waals surface area contributed by atoms with Crippen LogP contribution in [0, 0.1) is 0 Å². The number of benzene rings is 3. The van der Waals surface area contributed by atoms with E-state index >= 15 is 0 Å². The molecule has 1 saturated heterocycles. The van der Waals surface area contributed by atoms with Crippen molar-refractivity contribution in [1.82, 2.24) is 4.90 Å². The molecule has 166 valence electrons. The van der Waals surface area contributed by atoms with Gasteiger partial charge in [0, 0.05) is 30.0 Å². The molecule has 2 atom stereocenters. The first-order valence-corrected chi connectivity index (χ1v) is 11.7. The van der Waals surface area contributed by atoms with Crippen LogP contribution < -0.4 is 9.47 Å². The smallest absolute Gasteiger partial charge is 0.126 e. The summed E-state index contributed by atoms with van der Waals surface area (Å²) in [5, 5.41) is 9.94. The van der Waals surface area contributed by atoms with E-state index in [-0.39, 0.29) is 17.6 Å². The average molecular weight is 430 g/mol. The number of aromatic hydroxyl groups is 1. The zero-order valence-corrected chi connectivity index (χ0v) is 18.5. The van der Waals surface area contributed by atoms with Gasteiger partial charge < -0.3 is 19.5 Å². The van der Waals surface area contributed by atoms with Crippen molar-refractivity contribution in [3.63, 3.8) is 0 Å². The van der Waals surface area contributed by atoms with E-state index in [0.717, 1.165) is 36.6 Å². The highest BCUT2D eigenvalue weighted by molar-refractivity contribution is 5.50. The molecule has 5 rings (SSSR count). The number of nitrogens with zero attached hydrogens (tertiary/aromatic N) is 1. The summed E-state index contributed by atoms with van der Waals surface area (Å²) >= 11 is 0. The van der Waals surface area contributed by atoms with Crippen LogP contribution >= 0.6 is 0 Å². The molecule has 1 fully saturated rings. The van der Waals surface area contributed by atoms with Crippen molar-refractivity contribution in [1.29, 1.82) is 0 Å². The summed E-state index contributed by atoms with van der Waals surface area (Å²) in [5.74, 6) is 2.29. The van der Waals surface area contributed by atoms with Gasteiger partial charge in [0.1, 0.15) is 17.2 Å². The number of likely N-dealkylation sites (tertiary alicyclic amines) is 1. The predicted molar refractivity (Wildman–Crippen MR) is 127 cm³/mol. The predicted octanol–water partition coefficient (Wildman–Crippen LogP) is 5.57. The Hall–Kier alpha value is -2.98. The van der Waals surface area contributed by atoms with Crippen LogP contribution in [0.15, 0.2) is 72.8 Å². The van der Waals surface area contributed by atoms with Crippen LogP contribution in [0.25, 0.3) is 0 Å². The highest BCUT2D eigenvalue weighted by Gasteiger charge is 2.33. The van der Waals surface area contributed by atoms with Gasteiger partial charge in [-0.1, -0.05) is 48.5 Å². The molecule has 2 aliphatic heterocycles. The first-order chi connectivity index (χ1) is 15.8. The molecule has 0 spiro atoms. The van der Waals surface area contributed by atoms with Crippen molar-refractivity contribution < 1.29 is 14.6 Å². The van der Waals surface area contributed by atoms with Crippen LogP contribution in [0.1, 0.15) is 47.8 Å². The van der Waals surface area contributed by atoms with E-state index in [9.17, 15) is 5.11 Å². The molecule has 1 N–H and O–H groups in total. The molecule has 0 bridgehead atoms. The Labute approximate surface area is 190 Å². The minimum atomic E-state index is 0.158. The minimum Gasteiger partial charge on any atom is -0.508 e. The van der Waals surface area contributed by atoms with Gasteiger partial charge in [0.05, 0.1) is 13.2 Å². The lowest BCUT2D eigenvalue weighted by Gasteiger charge is -2.34. The summed E-state index contributed by atoms with van der Waals surface area (Å²) in [6, 6.07) is 24.5. The molecule has 0 aliphatic carbocycles. The lowest BCUT2D eigenvalue weighted by molar-refractivity contribution is 0.247. The Morgan fingerprint density at radius 2 is 1.69 bits per heavy atom. The summed E-state index contributed by atoms with van der Waals surface area (Å²) in [7, 11) is 0. The van der Waals surface area contributed by atoms with Crippen molar-refractivity contribution in [2.45, 2.75) is 31.1 Å². The van der Waals surface area contributed by atoms with Crippen molar-refractivity contribution in [2.24, 2.45) is 0 Å². The van der Waals surface area contributed by atoms with Crippen molar-refractivity contribution in [3.05, 3.63) is 89.5 Å². The van der Waals surface area contributed by atoms with Gasteiger partial charge in [0.25, 0.3) is 0 Å². The van der Waals surface area contributed by atoms with E-state index in [1.807, 2.05) is 12.1 Å². The van der Waals surface area contributed by atoms with Crippen LogP contribution in [0.2, 0.25) is 0 Å². The second kappa shape index (κ2) is 9.66. The molecule has 3 aromatic rings. The lowest BCUT2D eigenvalue weighted by atomic mass is 9.76. The molecule has 0 aromatic heterocycles. The van der Waals surface area contributed by atoms with E-state index in [0.29, 0.717) is 6.61 Å². The standard InChI is InChI=1S/C28H31NO3/c30-23-11-14-25-27(19-23)32-20-26(21-7-2-1-3-8-21)28(25)22-9-12-24(13-10-22)31-18-6-17-29-15-4-5-16-29/h1-3,7-14,19,26,28,30H,4-6,15-18,20H2. The van der Waals surface area contributed by atoms with Gasteiger partial charge in [0.2, 0.25) is 0 Å². The Balaban J connectivity index is 1.33. The van der Waals surface area contributed by atoms with Gasteiger partial charge in [-0.05, 0) is 61.7 Å². The summed E-state index contributed by atoms with van der Waals surface area (Å²) in [4.78, 5) is 2.52. The monoisotopic (exact) mass is 429 g/mol. The fourth-order valence-corrected chi connectivity index (χ4v) is 5.05. The third-order valence-electron chi connectivity index (χ3n) is 6.71. The molecule has 2 aliphatic rings. The maximum Gasteiger partial charge on any atom is 0.126 e. The van der Waals surface area contributed by atoms with Crippen LogP contribution in [0.4, 0.5) is 0 Å². The maximum absolute atomic E-state index is 9.94. The molecule has 0 radical (unpaired) electrons. The topological polar surface area (TPSA) is 41.9 Å². The summed E-state index contributed by atoms with van der Waals surface area (Å²) < 4.78 is 12.1. The molecule has 4 nitrogen and oxygen atoms in total. The third-order valence-corrected chi connectivity index (χ3v) is 6.71. The summed E-state index contributed by atoms with van der Waals surface area (Å²) in [5.41, 5.74) is 3.61. The number of phenolic OH excluding ortho intramolecular Hbond substituents is 1. The van der Waals surface area contributed by atoms with Crippen molar-refractivity contribution >= 4 is 0 Å². The van der Waals surface area contributed by atoms with Gasteiger partial charge in [-0.25, -0.2) is 0 Å². The molecule has 0 amide bonds. The highest BCUT2D eigenvalue weighted by Crippen LogP contribution is 2.47. The third kappa shape index (κ3) is 4.61. The molecule has 32 heavy (non-hydrogen) atoms. The normalized spacial score (nSPS) is 20.5. The molecule has 3 aromatic carbocycles. The Kier molecular flexibility index (Phi) is 6.31. The molecule has 0 saturated carbocycles. The average Bonchev–Trinajstić information content (AvgIpc) is 3.36. The van der Waals surface area contributed by atoms with Crippen LogP contribution in [-0.2, 0) is 0 Å². The molecular formula is C28H31NO3. The fourth-order valence-electron chi connectivity index (χ4n) is 5.05. The van der Waals surface area contributed by atoms with Gasteiger partial charge in [-0.15, -0.1) is 0 Å². The van der Waals surface area contributed by atoms with E-state index in [1.165, 1.54) is 37.1 Å². The molecule has 2 heterocycles. The maximum atomic E-state index is 9.94. The van der Waals surface area contributed by atoms with Crippen LogP contribution in [-0.4, -0.2) is 42.9 Å². The van der Waals surface area contributed by atoms with Gasteiger partial charge in [-0.3, -0.25) is 0 Å². The molecular weight excluding hydrogens is 398 g/mol. The van der Waals surface area contributed by atoms with Crippen LogP contribution in [0.3, 0.4) is 0 Å². The number of ether oxygens (including phenoxy) is 2. The number of fused-ring (bicyclic) bond motifs is 1. The Morgan fingerprint density at radius 1 is 0.906 bits per heavy atom. The van der Waals surface area contributed by atoms with E-state index in [4.69, 9.17) is 9.47 Å². The summed E-state index contributed by atoms with van der Waals surface area (Å²) in [6.07, 6.45) is 3.73. The number of rotatable bonds is 7. The highest BCUT2D eigenvalue weighted by atomic mass is 16.5. The SMILES string of the molecule is Oc1ccc2c(c1)OCC(c1ccccc1)C2c1ccc(OCCCN2CCCC2)cc1. The Morgan fingerprint density at radius 3 is 2.47 bits per heavy atom. The van der Waals surface area contributed by atoms with Gasteiger partial charge in [-0.2, -0.15) is 0 Å². The number of phenols is 1. The molecule has 2 unspecified atom stereocenters. The van der Waals surface area contributed by atoms with Gasteiger partial charge in [0.15, 0.2) is 0 Å². The lowest BCUT2D eigenvalue weighted by Crippen LogP contribution is -2.25. The summed E-state index contributed by atoms with van der Waals surface area (Å²) in [6.45, 7) is 4.94. The quantitative estimate of drug-likeness (QED) is 0.499. The zero-order valence-electron chi connectivity index (χ0n) is 18.5. The second-order valence-electron chi connectivity index (χ2n) is 8.85. The van der Waals surface area contributed by atoms with E-state index < -0.39 is 0 Å². The first-order valence-electron chi connectivity index (χ1n) is 11.7.